The van der Waals surface area contributed by atoms with Gasteiger partial charge >= 0.3 is 5.97 Å². The lowest BCUT2D eigenvalue weighted by molar-refractivity contribution is -0.137. The molecule has 0 amide bonds. The number of nitrogens with two attached hydrogens (primary N) is 1. The van der Waals surface area contributed by atoms with Gasteiger partial charge in [-0.05, 0) is 30.4 Å². The maximum Gasteiger partial charge on any atom is 0.303 e. The minimum Gasteiger partial charge on any atom is -0.481 e. The van der Waals surface area contributed by atoms with E-state index in [1.807, 2.05) is 0 Å². The summed E-state index contributed by atoms with van der Waals surface area (Å²) in [5.74, 6) is -0.528. The van der Waals surface area contributed by atoms with Crippen molar-refractivity contribution < 1.29 is 14.3 Å². The zero-order valence-electron chi connectivity index (χ0n) is 8.07. The molecule has 3 N–H and O–H groups in total. The van der Waals surface area contributed by atoms with Crippen molar-refractivity contribution in [2.45, 2.75) is 17.7 Å². The molecule has 5 heteroatoms. The van der Waals surface area contributed by atoms with Gasteiger partial charge in [0.25, 0.3) is 0 Å². The highest BCUT2D eigenvalue weighted by molar-refractivity contribution is 7.99. The first-order chi connectivity index (χ1) is 7.08. The van der Waals surface area contributed by atoms with E-state index in [4.69, 9.17) is 10.8 Å². The maximum atomic E-state index is 12.9. The third-order valence-electron chi connectivity index (χ3n) is 1.70. The second kappa shape index (κ2) is 5.60. The van der Waals surface area contributed by atoms with Crippen molar-refractivity contribution >= 4 is 23.4 Å². The maximum absolute atomic E-state index is 12.9. The smallest absolute Gasteiger partial charge is 0.303 e. The van der Waals surface area contributed by atoms with Crippen molar-refractivity contribution in [3.05, 3.63) is 24.0 Å². The zero-order valence-corrected chi connectivity index (χ0v) is 8.89. The van der Waals surface area contributed by atoms with Gasteiger partial charge in [0.05, 0.1) is 0 Å². The summed E-state index contributed by atoms with van der Waals surface area (Å²) < 4.78 is 12.9. The molecule has 0 saturated heterocycles. The predicted octanol–water partition coefficient (Wildman–Crippen LogP) is 2.36. The lowest BCUT2D eigenvalue weighted by Crippen LogP contribution is -1.95. The summed E-state index contributed by atoms with van der Waals surface area (Å²) in [7, 11) is 0. The van der Waals surface area contributed by atoms with E-state index in [2.05, 4.69) is 0 Å². The van der Waals surface area contributed by atoms with Crippen LogP contribution >= 0.6 is 11.8 Å². The number of aliphatic carboxylic acids is 1. The van der Waals surface area contributed by atoms with Crippen molar-refractivity contribution in [2.24, 2.45) is 0 Å². The van der Waals surface area contributed by atoms with Crippen molar-refractivity contribution in [1.29, 1.82) is 0 Å². The fourth-order valence-corrected chi connectivity index (χ4v) is 2.02. The van der Waals surface area contributed by atoms with Crippen LogP contribution in [-0.2, 0) is 4.79 Å². The molecule has 0 radical (unpaired) electrons. The summed E-state index contributed by atoms with van der Waals surface area (Å²) in [4.78, 5) is 11.0. The number of benzene rings is 1. The Morgan fingerprint density at radius 3 is 2.80 bits per heavy atom. The molecule has 1 aromatic carbocycles. The molecule has 0 spiro atoms. The average molecular weight is 229 g/mol. The number of carboxylic acid groups (broad SMARTS) is 1. The molecule has 1 rings (SSSR count). The number of hydrogen-bond acceptors (Lipinski definition) is 3. The molecule has 0 atom stereocenters. The molecule has 0 bridgehead atoms. The highest BCUT2D eigenvalue weighted by Gasteiger charge is 2.01. The standard InChI is InChI=1S/C10H12FNO2S/c11-7-4-8(12)6-9(5-7)15-3-1-2-10(13)14/h4-6H,1-3,12H2,(H,13,14). The molecule has 1 aromatic rings. The van der Waals surface area contributed by atoms with Crippen LogP contribution in [0.2, 0.25) is 0 Å². The third-order valence-corrected chi connectivity index (χ3v) is 2.76. The van der Waals surface area contributed by atoms with E-state index >= 15 is 0 Å². The average Bonchev–Trinajstić information content (AvgIpc) is 2.10. The van der Waals surface area contributed by atoms with E-state index < -0.39 is 5.97 Å². The molecule has 0 unspecified atom stereocenters. The van der Waals surface area contributed by atoms with Gasteiger partial charge in [0.15, 0.2) is 0 Å². The first-order valence-corrected chi connectivity index (χ1v) is 5.47. The van der Waals surface area contributed by atoms with Crippen LogP contribution in [0.5, 0.6) is 0 Å². The summed E-state index contributed by atoms with van der Waals surface area (Å²) in [5, 5.41) is 8.41. The third kappa shape index (κ3) is 4.69. The quantitative estimate of drug-likeness (QED) is 0.462. The van der Waals surface area contributed by atoms with Crippen molar-refractivity contribution in [3.8, 4) is 0 Å². The van der Waals surface area contributed by atoms with Crippen LogP contribution in [0.15, 0.2) is 23.1 Å². The first-order valence-electron chi connectivity index (χ1n) is 4.48. The highest BCUT2D eigenvalue weighted by atomic mass is 32.2. The second-order valence-corrected chi connectivity index (χ2v) is 4.23. The van der Waals surface area contributed by atoms with E-state index in [0.717, 1.165) is 4.90 Å². The molecule has 82 valence electrons. The molecule has 0 heterocycles. The summed E-state index contributed by atoms with van der Waals surface area (Å²) in [6.07, 6.45) is 0.703. The number of rotatable bonds is 5. The molecule has 0 aromatic heterocycles. The molecule has 0 aliphatic rings. The van der Waals surface area contributed by atoms with Gasteiger partial charge in [-0.3, -0.25) is 4.79 Å². The van der Waals surface area contributed by atoms with Gasteiger partial charge in [-0.1, -0.05) is 0 Å². The van der Waals surface area contributed by atoms with Crippen molar-refractivity contribution in [2.75, 3.05) is 11.5 Å². The van der Waals surface area contributed by atoms with E-state index in [9.17, 15) is 9.18 Å². The number of hydrogen-bond donors (Lipinski definition) is 2. The normalized spacial score (nSPS) is 10.2. The summed E-state index contributed by atoms with van der Waals surface area (Å²) in [6, 6.07) is 4.32. The Morgan fingerprint density at radius 1 is 1.47 bits per heavy atom. The number of anilines is 1. The van der Waals surface area contributed by atoms with E-state index in [0.29, 0.717) is 17.9 Å². The van der Waals surface area contributed by atoms with Gasteiger partial charge in [-0.15, -0.1) is 11.8 Å². The van der Waals surface area contributed by atoms with Crippen LogP contribution in [0.3, 0.4) is 0 Å². The van der Waals surface area contributed by atoms with Gasteiger partial charge in [0.1, 0.15) is 5.82 Å². The topological polar surface area (TPSA) is 63.3 Å². The predicted molar refractivity (Wildman–Crippen MR) is 58.4 cm³/mol. The van der Waals surface area contributed by atoms with Crippen LogP contribution in [0.1, 0.15) is 12.8 Å². The Kier molecular flexibility index (Phi) is 4.42. The van der Waals surface area contributed by atoms with Crippen molar-refractivity contribution in [1.82, 2.24) is 0 Å². The van der Waals surface area contributed by atoms with Gasteiger partial charge in [-0.25, -0.2) is 4.39 Å². The fourth-order valence-electron chi connectivity index (χ4n) is 1.08. The number of nitrogen functional groups attached to an aromatic ring is 1. The SMILES string of the molecule is Nc1cc(F)cc(SCCCC(=O)O)c1. The first kappa shape index (κ1) is 11.8. The van der Waals surface area contributed by atoms with Gasteiger partial charge in [0, 0.05) is 17.0 Å². The summed E-state index contributed by atoms with van der Waals surface area (Å²) >= 11 is 1.41. The Hall–Kier alpha value is -1.23. The Labute approximate surface area is 91.5 Å². The van der Waals surface area contributed by atoms with E-state index in [1.54, 1.807) is 6.07 Å². The second-order valence-electron chi connectivity index (χ2n) is 3.07. The fraction of sp³-hybridized carbons (Fsp3) is 0.300. The molecule has 0 aliphatic carbocycles. The van der Waals surface area contributed by atoms with Crippen molar-refractivity contribution in [3.63, 3.8) is 0 Å². The lowest BCUT2D eigenvalue weighted by Gasteiger charge is -2.02. The van der Waals surface area contributed by atoms with Crippen LogP contribution in [-0.4, -0.2) is 16.8 Å². The van der Waals surface area contributed by atoms with Crippen LogP contribution in [0.4, 0.5) is 10.1 Å². The van der Waals surface area contributed by atoms with Crippen LogP contribution in [0.25, 0.3) is 0 Å². The Balaban J connectivity index is 2.40. The molecule has 15 heavy (non-hydrogen) atoms. The number of carbonyl (C=O) groups is 1. The Morgan fingerprint density at radius 2 is 2.20 bits per heavy atom. The Bertz CT molecular complexity index is 337. The molecule has 0 fully saturated rings. The minimum absolute atomic E-state index is 0.137. The van der Waals surface area contributed by atoms with Gasteiger partial charge in [0.2, 0.25) is 0 Å². The monoisotopic (exact) mass is 229 g/mol. The minimum atomic E-state index is -0.811. The number of thioether (sulfide) groups is 1. The number of carboxylic acids is 1. The van der Waals surface area contributed by atoms with Gasteiger partial charge in [-0.2, -0.15) is 0 Å². The van der Waals surface area contributed by atoms with E-state index in [-0.39, 0.29) is 12.2 Å². The summed E-state index contributed by atoms with van der Waals surface area (Å²) in [5.41, 5.74) is 5.85. The number of halogens is 1. The highest BCUT2D eigenvalue weighted by Crippen LogP contribution is 2.22. The zero-order chi connectivity index (χ0) is 11.3. The molecular formula is C10H12FNO2S. The largest absolute Gasteiger partial charge is 0.481 e. The van der Waals surface area contributed by atoms with Crippen LogP contribution in [0, 0.1) is 5.82 Å². The van der Waals surface area contributed by atoms with Gasteiger partial charge < -0.3 is 10.8 Å². The van der Waals surface area contributed by atoms with E-state index in [1.165, 1.54) is 23.9 Å². The lowest BCUT2D eigenvalue weighted by atomic mass is 10.3. The molecular weight excluding hydrogens is 217 g/mol. The summed E-state index contributed by atoms with van der Waals surface area (Å²) in [6.45, 7) is 0. The molecule has 0 aliphatic heterocycles. The molecule has 0 saturated carbocycles. The van der Waals surface area contributed by atoms with Crippen LogP contribution < -0.4 is 5.73 Å². The molecule has 3 nitrogen and oxygen atoms in total.